The molecule has 0 bridgehead atoms. The number of carboxylic acids is 1. The highest BCUT2D eigenvalue weighted by molar-refractivity contribution is 8.00. The molecule has 0 fully saturated rings. The summed E-state index contributed by atoms with van der Waals surface area (Å²) in [5.41, 5.74) is 3.01. The number of thioether (sulfide) groups is 1. The number of hydrogen-bond donors (Lipinski definition) is 3. The van der Waals surface area contributed by atoms with Crippen LogP contribution in [0.3, 0.4) is 0 Å². The number of aliphatic carboxylic acids is 1. The monoisotopic (exact) mass is 457 g/mol. The number of nitrogens with zero attached hydrogens (tertiary/aromatic N) is 1. The summed E-state index contributed by atoms with van der Waals surface area (Å²) >= 11 is 1.08. The first-order valence-electron chi connectivity index (χ1n) is 9.56. The molecule has 168 valence electrons. The Morgan fingerprint density at radius 1 is 1.16 bits per heavy atom. The fourth-order valence-corrected chi connectivity index (χ4v) is 3.66. The predicted molar refractivity (Wildman–Crippen MR) is 124 cm³/mol. The van der Waals surface area contributed by atoms with E-state index in [1.165, 1.54) is 24.3 Å². The Balaban J connectivity index is 1.85. The van der Waals surface area contributed by atoms with Crippen LogP contribution in [-0.2, 0) is 14.4 Å². The molecule has 0 aliphatic heterocycles. The van der Waals surface area contributed by atoms with E-state index in [0.29, 0.717) is 11.3 Å². The Kier molecular flexibility index (Phi) is 8.96. The number of amides is 2. The van der Waals surface area contributed by atoms with Gasteiger partial charge in [-0.05, 0) is 48.7 Å². The maximum Gasteiger partial charge on any atom is 0.327 e. The molecular weight excluding hydrogens is 434 g/mol. The summed E-state index contributed by atoms with van der Waals surface area (Å²) in [5, 5.41) is 25.3. The van der Waals surface area contributed by atoms with Gasteiger partial charge in [0.1, 0.15) is 6.04 Å². The SMILES string of the molecule is Cc1cc(C)cc(NC(=O)CSC[C@H](NC(=O)/C=C/c2cccc([N+](=O)[O-])c2)C(=O)O)c1. The van der Waals surface area contributed by atoms with Crippen molar-refractivity contribution in [3.05, 3.63) is 75.3 Å². The van der Waals surface area contributed by atoms with Crippen LogP contribution in [0.15, 0.2) is 48.5 Å². The molecule has 0 aromatic heterocycles. The standard InChI is InChI=1S/C22H23N3O6S/c1-14-8-15(2)10-17(9-14)23-21(27)13-32-12-19(22(28)29)24-20(26)7-6-16-4-3-5-18(11-16)25(30)31/h3-11,19H,12-13H2,1-2H3,(H,23,27)(H,24,26)(H,28,29)/b7-6+/t19-/m0/s1. The van der Waals surface area contributed by atoms with Crippen molar-refractivity contribution in [2.75, 3.05) is 16.8 Å². The highest BCUT2D eigenvalue weighted by atomic mass is 32.2. The Bertz CT molecular complexity index is 1030. The predicted octanol–water partition coefficient (Wildman–Crippen LogP) is 3.17. The molecule has 9 nitrogen and oxygen atoms in total. The van der Waals surface area contributed by atoms with Crippen molar-refractivity contribution in [3.63, 3.8) is 0 Å². The number of non-ortho nitro benzene ring substituents is 1. The second kappa shape index (κ2) is 11.7. The van der Waals surface area contributed by atoms with E-state index in [4.69, 9.17) is 0 Å². The number of nitrogens with one attached hydrogen (secondary N) is 2. The lowest BCUT2D eigenvalue weighted by Gasteiger charge is -2.13. The molecule has 0 aliphatic carbocycles. The number of nitro groups is 1. The van der Waals surface area contributed by atoms with Gasteiger partial charge in [-0.2, -0.15) is 0 Å². The molecule has 0 aliphatic rings. The zero-order valence-corrected chi connectivity index (χ0v) is 18.3. The largest absolute Gasteiger partial charge is 0.480 e. The molecule has 0 saturated carbocycles. The smallest absolute Gasteiger partial charge is 0.327 e. The fraction of sp³-hybridized carbons (Fsp3) is 0.227. The van der Waals surface area contributed by atoms with Crippen LogP contribution in [0.2, 0.25) is 0 Å². The second-order valence-corrected chi connectivity index (χ2v) is 8.05. The first-order valence-corrected chi connectivity index (χ1v) is 10.7. The van der Waals surface area contributed by atoms with Gasteiger partial charge in [-0.3, -0.25) is 19.7 Å². The van der Waals surface area contributed by atoms with E-state index in [0.717, 1.165) is 29.0 Å². The van der Waals surface area contributed by atoms with Crippen LogP contribution in [0.5, 0.6) is 0 Å². The van der Waals surface area contributed by atoms with Gasteiger partial charge in [-0.15, -0.1) is 11.8 Å². The molecule has 2 aromatic carbocycles. The number of rotatable bonds is 10. The average molecular weight is 458 g/mol. The summed E-state index contributed by atoms with van der Waals surface area (Å²) < 4.78 is 0. The van der Waals surface area contributed by atoms with Gasteiger partial charge in [-0.1, -0.05) is 18.2 Å². The van der Waals surface area contributed by atoms with Crippen LogP contribution in [-0.4, -0.2) is 45.4 Å². The van der Waals surface area contributed by atoms with Crippen molar-refractivity contribution in [1.82, 2.24) is 5.32 Å². The van der Waals surface area contributed by atoms with Gasteiger partial charge in [0.2, 0.25) is 11.8 Å². The molecule has 3 N–H and O–H groups in total. The van der Waals surface area contributed by atoms with Crippen LogP contribution in [0.4, 0.5) is 11.4 Å². The van der Waals surface area contributed by atoms with Gasteiger partial charge in [0.05, 0.1) is 10.7 Å². The van der Waals surface area contributed by atoms with Gasteiger partial charge in [0, 0.05) is 29.6 Å². The quantitative estimate of drug-likeness (QED) is 0.283. The van der Waals surface area contributed by atoms with Gasteiger partial charge in [0.25, 0.3) is 5.69 Å². The Morgan fingerprint density at radius 2 is 1.84 bits per heavy atom. The van der Waals surface area contributed by atoms with Crippen molar-refractivity contribution in [2.24, 2.45) is 0 Å². The molecule has 0 radical (unpaired) electrons. The van der Waals surface area contributed by atoms with E-state index >= 15 is 0 Å². The number of nitro benzene ring substituents is 1. The molecule has 0 saturated heterocycles. The molecule has 0 unspecified atom stereocenters. The molecule has 2 aromatic rings. The zero-order valence-electron chi connectivity index (χ0n) is 17.5. The number of carbonyl (C=O) groups excluding carboxylic acids is 2. The van der Waals surface area contributed by atoms with Crippen molar-refractivity contribution in [3.8, 4) is 0 Å². The van der Waals surface area contributed by atoms with Gasteiger partial charge >= 0.3 is 5.97 Å². The Labute approximate surface area is 189 Å². The van der Waals surface area contributed by atoms with E-state index in [-0.39, 0.29) is 23.1 Å². The van der Waals surface area contributed by atoms with Crippen LogP contribution < -0.4 is 10.6 Å². The Morgan fingerprint density at radius 3 is 2.47 bits per heavy atom. The minimum Gasteiger partial charge on any atom is -0.480 e. The summed E-state index contributed by atoms with van der Waals surface area (Å²) in [5.74, 6) is -2.16. The third-order valence-electron chi connectivity index (χ3n) is 4.15. The topological polar surface area (TPSA) is 139 Å². The van der Waals surface area contributed by atoms with E-state index in [1.54, 1.807) is 6.07 Å². The third-order valence-corrected chi connectivity index (χ3v) is 5.18. The first kappa shape index (κ1) is 24.6. The summed E-state index contributed by atoms with van der Waals surface area (Å²) in [6.45, 7) is 3.84. The zero-order chi connectivity index (χ0) is 23.7. The minimum absolute atomic E-state index is 0.00795. The first-order chi connectivity index (χ1) is 15.1. The van der Waals surface area contributed by atoms with Crippen molar-refractivity contribution >= 4 is 47.0 Å². The molecule has 2 amide bonds. The van der Waals surface area contributed by atoms with Crippen molar-refractivity contribution < 1.29 is 24.4 Å². The Hall–Kier alpha value is -3.66. The summed E-state index contributed by atoms with van der Waals surface area (Å²) in [6, 6.07) is 10.1. The maximum absolute atomic E-state index is 12.1. The number of aryl methyl sites for hydroxylation is 2. The average Bonchev–Trinajstić information content (AvgIpc) is 2.70. The highest BCUT2D eigenvalue weighted by Crippen LogP contribution is 2.15. The van der Waals surface area contributed by atoms with Crippen molar-refractivity contribution in [2.45, 2.75) is 19.9 Å². The number of carbonyl (C=O) groups is 3. The van der Waals surface area contributed by atoms with Gasteiger partial charge in [-0.25, -0.2) is 4.79 Å². The molecular formula is C22H23N3O6S. The summed E-state index contributed by atoms with van der Waals surface area (Å²) in [4.78, 5) is 45.9. The summed E-state index contributed by atoms with van der Waals surface area (Å²) in [6.07, 6.45) is 2.46. The van der Waals surface area contributed by atoms with Gasteiger partial charge < -0.3 is 15.7 Å². The lowest BCUT2D eigenvalue weighted by Crippen LogP contribution is -2.42. The lowest BCUT2D eigenvalue weighted by molar-refractivity contribution is -0.384. The number of benzene rings is 2. The molecule has 2 rings (SSSR count). The van der Waals surface area contributed by atoms with Crippen LogP contribution in [0.1, 0.15) is 16.7 Å². The molecule has 1 atom stereocenters. The number of carboxylic acid groups (broad SMARTS) is 1. The van der Waals surface area contributed by atoms with Crippen LogP contribution in [0, 0.1) is 24.0 Å². The third kappa shape index (κ3) is 8.23. The second-order valence-electron chi connectivity index (χ2n) is 7.02. The molecule has 10 heteroatoms. The van der Waals surface area contributed by atoms with Gasteiger partial charge in [0.15, 0.2) is 0 Å². The normalized spacial score (nSPS) is 11.7. The highest BCUT2D eigenvalue weighted by Gasteiger charge is 2.19. The van der Waals surface area contributed by atoms with E-state index in [2.05, 4.69) is 10.6 Å². The number of hydrogen-bond acceptors (Lipinski definition) is 6. The number of anilines is 1. The molecule has 0 spiro atoms. The maximum atomic E-state index is 12.1. The minimum atomic E-state index is -1.23. The molecule has 32 heavy (non-hydrogen) atoms. The van der Waals surface area contributed by atoms with Crippen molar-refractivity contribution in [1.29, 1.82) is 0 Å². The van der Waals surface area contributed by atoms with Crippen LogP contribution >= 0.6 is 11.8 Å². The van der Waals surface area contributed by atoms with E-state index < -0.39 is 22.8 Å². The molecule has 0 heterocycles. The lowest BCUT2D eigenvalue weighted by atomic mass is 10.1. The van der Waals surface area contributed by atoms with E-state index in [9.17, 15) is 29.6 Å². The summed E-state index contributed by atoms with van der Waals surface area (Å²) in [7, 11) is 0. The fourth-order valence-electron chi connectivity index (χ4n) is 2.82. The van der Waals surface area contributed by atoms with E-state index in [1.807, 2.05) is 32.0 Å². The van der Waals surface area contributed by atoms with Crippen LogP contribution in [0.25, 0.3) is 6.08 Å².